The average Bonchev–Trinajstić information content (AvgIpc) is 3.12. The van der Waals surface area contributed by atoms with E-state index in [0.29, 0.717) is 25.8 Å². The van der Waals surface area contributed by atoms with Gasteiger partial charge in [0.2, 0.25) is 17.7 Å². The van der Waals surface area contributed by atoms with Crippen LogP contribution in [0.1, 0.15) is 91.7 Å². The first kappa shape index (κ1) is 43.0. The van der Waals surface area contributed by atoms with Gasteiger partial charge in [0.15, 0.2) is 0 Å². The second-order valence-corrected chi connectivity index (χ2v) is 15.4. The number of amides is 4. The summed E-state index contributed by atoms with van der Waals surface area (Å²) >= 11 is 0. The molecule has 0 fully saturated rings. The molecular weight excluding hydrogens is 668 g/mol. The summed E-state index contributed by atoms with van der Waals surface area (Å²) in [5, 5.41) is 19.5. The maximum absolute atomic E-state index is 14.7. The van der Waals surface area contributed by atoms with E-state index in [4.69, 9.17) is 10.5 Å². The molecule has 3 aromatic carbocycles. The number of aliphatic hydroxyl groups excluding tert-OH is 1. The van der Waals surface area contributed by atoms with Crippen molar-refractivity contribution in [3.8, 4) is 0 Å². The Balaban J connectivity index is 1.97. The number of nitrogens with zero attached hydrogens (tertiary/aromatic N) is 1. The fourth-order valence-corrected chi connectivity index (χ4v) is 6.84. The second kappa shape index (κ2) is 21.3. The van der Waals surface area contributed by atoms with Gasteiger partial charge in [0, 0.05) is 18.9 Å². The third-order valence-electron chi connectivity index (χ3n) is 9.65. The van der Waals surface area contributed by atoms with Crippen molar-refractivity contribution >= 4 is 34.6 Å². The molecule has 0 aliphatic rings. The minimum Gasteiger partial charge on any atom is -0.445 e. The molecule has 0 saturated carbocycles. The molecule has 0 aliphatic heterocycles. The normalized spacial score (nSPS) is 14.4. The standard InChI is InChI=1S/C43H62N4O6/c1-8-9-22-36(42(51)47(26-29(4)5)38(23-28(2)3)39(48)25-35(30(6)7)40(44)49)45-41(50)37(46-43(52)53-27-31-16-11-10-12-17-31)24-33-20-15-19-32-18-13-14-21-34(32)33/h10-21,28-30,35-39,48H,8-9,22-27H2,1-7H3,(H2,44,49)(H,45,50)(H,46,52)/t35-,36-,37-,38-,39-/m0/s1. The summed E-state index contributed by atoms with van der Waals surface area (Å²) in [7, 11) is 0. The highest BCUT2D eigenvalue weighted by molar-refractivity contribution is 5.93. The number of carbonyl (C=O) groups is 4. The Labute approximate surface area is 316 Å². The number of benzene rings is 3. The minimum atomic E-state index is -1.06. The van der Waals surface area contributed by atoms with Gasteiger partial charge in [0.25, 0.3) is 0 Å². The molecule has 0 saturated heterocycles. The summed E-state index contributed by atoms with van der Waals surface area (Å²) in [4.78, 5) is 56.3. The van der Waals surface area contributed by atoms with Gasteiger partial charge in [-0.05, 0) is 58.9 Å². The van der Waals surface area contributed by atoms with E-state index in [-0.39, 0.29) is 43.1 Å². The molecule has 10 nitrogen and oxygen atoms in total. The Hall–Kier alpha value is -4.44. The fourth-order valence-electron chi connectivity index (χ4n) is 6.84. The van der Waals surface area contributed by atoms with Gasteiger partial charge in [0.05, 0.1) is 12.1 Å². The van der Waals surface area contributed by atoms with Gasteiger partial charge in [-0.25, -0.2) is 4.79 Å². The van der Waals surface area contributed by atoms with Gasteiger partial charge in [-0.1, -0.05) is 134 Å². The summed E-state index contributed by atoms with van der Waals surface area (Å²) in [6.07, 6.45) is 0.855. The lowest BCUT2D eigenvalue weighted by Crippen LogP contribution is -2.59. The number of alkyl carbamates (subject to hydrolysis) is 1. The van der Waals surface area contributed by atoms with Crippen molar-refractivity contribution in [1.82, 2.24) is 15.5 Å². The van der Waals surface area contributed by atoms with Crippen molar-refractivity contribution in [2.24, 2.45) is 29.4 Å². The molecule has 3 rings (SSSR count). The number of aliphatic hydroxyl groups is 1. The van der Waals surface area contributed by atoms with Gasteiger partial charge in [-0.15, -0.1) is 0 Å². The molecule has 3 aromatic rings. The molecule has 53 heavy (non-hydrogen) atoms. The molecule has 0 bridgehead atoms. The molecule has 0 aliphatic carbocycles. The molecule has 0 unspecified atom stereocenters. The van der Waals surface area contributed by atoms with Gasteiger partial charge in [-0.2, -0.15) is 0 Å². The Morgan fingerprint density at radius 3 is 2.09 bits per heavy atom. The van der Waals surface area contributed by atoms with Crippen LogP contribution in [0.15, 0.2) is 72.8 Å². The van der Waals surface area contributed by atoms with Crippen LogP contribution in [-0.2, 0) is 32.1 Å². The molecular formula is C43H62N4O6. The van der Waals surface area contributed by atoms with Crippen molar-refractivity contribution in [3.63, 3.8) is 0 Å². The van der Waals surface area contributed by atoms with Crippen LogP contribution in [0.4, 0.5) is 4.79 Å². The predicted molar refractivity (Wildman–Crippen MR) is 211 cm³/mol. The molecule has 4 amide bonds. The lowest BCUT2D eigenvalue weighted by molar-refractivity contribution is -0.143. The second-order valence-electron chi connectivity index (χ2n) is 15.4. The van der Waals surface area contributed by atoms with Crippen LogP contribution in [0, 0.1) is 23.7 Å². The van der Waals surface area contributed by atoms with E-state index in [9.17, 15) is 24.3 Å². The fraction of sp³-hybridized carbons (Fsp3) is 0.535. The van der Waals surface area contributed by atoms with Crippen LogP contribution < -0.4 is 16.4 Å². The Kier molecular flexibility index (Phi) is 17.3. The number of nitrogens with one attached hydrogen (secondary N) is 2. The van der Waals surface area contributed by atoms with Gasteiger partial charge < -0.3 is 31.1 Å². The van der Waals surface area contributed by atoms with Crippen LogP contribution in [0.25, 0.3) is 10.8 Å². The van der Waals surface area contributed by atoms with E-state index >= 15 is 0 Å². The van der Waals surface area contributed by atoms with Crippen molar-refractivity contribution in [2.45, 2.75) is 118 Å². The first-order valence-corrected chi connectivity index (χ1v) is 19.2. The maximum atomic E-state index is 14.7. The van der Waals surface area contributed by atoms with Gasteiger partial charge >= 0.3 is 6.09 Å². The highest BCUT2D eigenvalue weighted by Crippen LogP contribution is 2.26. The third-order valence-corrected chi connectivity index (χ3v) is 9.65. The molecule has 5 atom stereocenters. The monoisotopic (exact) mass is 730 g/mol. The van der Waals surface area contributed by atoms with Gasteiger partial charge in [0.1, 0.15) is 18.7 Å². The Morgan fingerprint density at radius 1 is 0.811 bits per heavy atom. The Bertz CT molecular complexity index is 1610. The SMILES string of the molecule is CCCC[C@H](NC(=O)[C@H](Cc1cccc2ccccc12)NC(=O)OCc1ccccc1)C(=O)N(CC(C)C)[C@@H](CC(C)C)[C@@H](O)C[C@H](C(N)=O)C(C)C. The first-order valence-electron chi connectivity index (χ1n) is 19.2. The first-order chi connectivity index (χ1) is 25.2. The summed E-state index contributed by atoms with van der Waals surface area (Å²) < 4.78 is 5.53. The summed E-state index contributed by atoms with van der Waals surface area (Å²) in [5.74, 6) is -1.76. The smallest absolute Gasteiger partial charge is 0.408 e. The quantitative estimate of drug-likeness (QED) is 0.0951. The third kappa shape index (κ3) is 13.5. The van der Waals surface area contributed by atoms with E-state index in [1.54, 1.807) is 4.90 Å². The van der Waals surface area contributed by atoms with Gasteiger partial charge in [-0.3, -0.25) is 14.4 Å². The molecule has 0 heterocycles. The topological polar surface area (TPSA) is 151 Å². The van der Waals surface area contributed by atoms with Crippen LogP contribution in [0.5, 0.6) is 0 Å². The zero-order chi connectivity index (χ0) is 39.1. The number of carbonyl (C=O) groups excluding carboxylic acids is 4. The van der Waals surface area contributed by atoms with E-state index in [1.807, 2.05) is 121 Å². The van der Waals surface area contributed by atoms with Crippen LogP contribution in [0.3, 0.4) is 0 Å². The molecule has 0 radical (unpaired) electrons. The van der Waals surface area contributed by atoms with Crippen LogP contribution in [0.2, 0.25) is 0 Å². The molecule has 0 spiro atoms. The van der Waals surface area contributed by atoms with E-state index < -0.39 is 48.1 Å². The van der Waals surface area contributed by atoms with E-state index in [1.165, 1.54) is 0 Å². The lowest BCUT2D eigenvalue weighted by atomic mass is 9.85. The maximum Gasteiger partial charge on any atom is 0.408 e. The number of fused-ring (bicyclic) bond motifs is 1. The number of rotatable bonds is 21. The highest BCUT2D eigenvalue weighted by atomic mass is 16.5. The number of hydrogen-bond acceptors (Lipinski definition) is 6. The number of ether oxygens (including phenoxy) is 1. The average molecular weight is 731 g/mol. The van der Waals surface area contributed by atoms with E-state index in [2.05, 4.69) is 10.6 Å². The van der Waals surface area contributed by atoms with Crippen LogP contribution in [-0.4, -0.2) is 64.6 Å². The van der Waals surface area contributed by atoms with Crippen molar-refractivity contribution in [3.05, 3.63) is 83.9 Å². The van der Waals surface area contributed by atoms with E-state index in [0.717, 1.165) is 28.3 Å². The number of primary amides is 1. The number of unbranched alkanes of at least 4 members (excludes halogenated alkanes) is 1. The molecule has 5 N–H and O–H groups in total. The van der Waals surface area contributed by atoms with Crippen LogP contribution >= 0.6 is 0 Å². The molecule has 0 aromatic heterocycles. The summed E-state index contributed by atoms with van der Waals surface area (Å²) in [6, 6.07) is 20.4. The zero-order valence-electron chi connectivity index (χ0n) is 32.7. The van der Waals surface area contributed by atoms with Crippen molar-refractivity contribution in [1.29, 1.82) is 0 Å². The highest BCUT2D eigenvalue weighted by Gasteiger charge is 2.38. The van der Waals surface area contributed by atoms with Crippen molar-refractivity contribution < 1.29 is 29.0 Å². The molecule has 290 valence electrons. The largest absolute Gasteiger partial charge is 0.445 e. The molecule has 10 heteroatoms. The Morgan fingerprint density at radius 2 is 1.47 bits per heavy atom. The predicted octanol–water partition coefficient (Wildman–Crippen LogP) is 6.76. The minimum absolute atomic E-state index is 0.0318. The number of hydrogen-bond donors (Lipinski definition) is 4. The number of nitrogens with two attached hydrogens (primary N) is 1. The summed E-state index contributed by atoms with van der Waals surface area (Å²) in [5.41, 5.74) is 7.41. The lowest BCUT2D eigenvalue weighted by Gasteiger charge is -2.40. The summed E-state index contributed by atoms with van der Waals surface area (Å²) in [6.45, 7) is 14.3. The van der Waals surface area contributed by atoms with Crippen molar-refractivity contribution in [2.75, 3.05) is 6.54 Å². The zero-order valence-corrected chi connectivity index (χ0v) is 32.7.